The molecule has 4 nitrogen and oxygen atoms in total. The predicted molar refractivity (Wildman–Crippen MR) is 109 cm³/mol. The minimum atomic E-state index is -4.16. The number of aliphatic hydroxyl groups is 1. The van der Waals surface area contributed by atoms with Gasteiger partial charge in [-0.1, -0.05) is 97.3 Å². The molecule has 0 amide bonds. The van der Waals surface area contributed by atoms with Gasteiger partial charge in [-0.15, -0.1) is 0 Å². The van der Waals surface area contributed by atoms with Gasteiger partial charge in [-0.2, -0.15) is 0 Å². The summed E-state index contributed by atoms with van der Waals surface area (Å²) in [5.41, 5.74) is 0. The Morgan fingerprint density at radius 2 is 1.07 bits per heavy atom. The number of rotatable bonds is 19. The second-order valence-corrected chi connectivity index (χ2v) is 9.46. The van der Waals surface area contributed by atoms with E-state index < -0.39 is 15.4 Å². The van der Waals surface area contributed by atoms with Gasteiger partial charge in [0.15, 0.2) is 0 Å². The third-order valence-corrected chi connectivity index (χ3v) is 6.51. The summed E-state index contributed by atoms with van der Waals surface area (Å²) in [5, 5.41) is 9.30. The molecule has 0 aliphatic carbocycles. The van der Waals surface area contributed by atoms with E-state index in [1.54, 1.807) is 0 Å². The third kappa shape index (κ3) is 20.6. The Balaban J connectivity index is 0. The molecule has 0 aliphatic rings. The Hall–Kier alpha value is 1.51. The number of hydrogen-bond acceptors (Lipinski definition) is 4. The van der Waals surface area contributed by atoms with Gasteiger partial charge in [-0.25, -0.2) is 8.42 Å². The van der Waals surface area contributed by atoms with Crippen LogP contribution in [0, 0.1) is 0 Å². The minimum Gasteiger partial charge on any atom is -0.748 e. The van der Waals surface area contributed by atoms with Crippen molar-refractivity contribution in [1.29, 1.82) is 0 Å². The van der Waals surface area contributed by atoms with Gasteiger partial charge < -0.3 is 9.66 Å². The SMILES string of the molecule is CCCCCCCCCCCC(O)CCCCCC(CCC)S(=O)(=O)[O-].[K+]. The molecule has 0 heterocycles. The fourth-order valence-electron chi connectivity index (χ4n) is 3.52. The number of hydrogen-bond donors (Lipinski definition) is 1. The third-order valence-electron chi connectivity index (χ3n) is 5.22. The Kier molecular flexibility index (Phi) is 23.6. The zero-order valence-electron chi connectivity index (χ0n) is 18.3. The van der Waals surface area contributed by atoms with Gasteiger partial charge in [0.25, 0.3) is 0 Å². The van der Waals surface area contributed by atoms with Crippen LogP contribution in [0.5, 0.6) is 0 Å². The smallest absolute Gasteiger partial charge is 0.748 e. The molecule has 0 bridgehead atoms. The van der Waals surface area contributed by atoms with Gasteiger partial charge >= 0.3 is 51.4 Å². The molecular weight excluding hydrogens is 387 g/mol. The van der Waals surface area contributed by atoms with Crippen molar-refractivity contribution in [3.8, 4) is 0 Å². The molecule has 6 heteroatoms. The monoisotopic (exact) mass is 430 g/mol. The van der Waals surface area contributed by atoms with Crippen molar-refractivity contribution in [2.75, 3.05) is 0 Å². The molecule has 0 aromatic rings. The first-order valence-corrected chi connectivity index (χ1v) is 12.5. The molecule has 0 saturated heterocycles. The van der Waals surface area contributed by atoms with Crippen LogP contribution in [0.4, 0.5) is 0 Å². The Morgan fingerprint density at radius 3 is 1.52 bits per heavy atom. The Morgan fingerprint density at radius 1 is 0.667 bits per heavy atom. The van der Waals surface area contributed by atoms with Crippen molar-refractivity contribution >= 4 is 10.1 Å². The van der Waals surface area contributed by atoms with E-state index in [4.69, 9.17) is 0 Å². The van der Waals surface area contributed by atoms with Gasteiger partial charge in [0.1, 0.15) is 0 Å². The first-order chi connectivity index (χ1) is 12.4. The van der Waals surface area contributed by atoms with Crippen LogP contribution in [0.15, 0.2) is 0 Å². The molecule has 0 radical (unpaired) electrons. The zero-order valence-corrected chi connectivity index (χ0v) is 22.2. The van der Waals surface area contributed by atoms with Crippen molar-refractivity contribution in [3.05, 3.63) is 0 Å². The summed E-state index contributed by atoms with van der Waals surface area (Å²) >= 11 is 0. The van der Waals surface area contributed by atoms with E-state index in [2.05, 4.69) is 6.92 Å². The van der Waals surface area contributed by atoms with Gasteiger partial charge in [0.2, 0.25) is 0 Å². The normalized spacial score (nSPS) is 13.9. The first-order valence-electron chi connectivity index (χ1n) is 11.0. The standard InChI is InChI=1S/C21H44O4S.K/c1-3-5-6-7-8-9-10-11-13-17-20(22)18-14-12-15-19-21(16-4-2)26(23,24)25;/h20-22H,3-19H2,1-2H3,(H,23,24,25);/q;+1/p-1. The summed E-state index contributed by atoms with van der Waals surface area (Å²) in [7, 11) is -4.16. The minimum absolute atomic E-state index is 0. The molecule has 1 N–H and O–H groups in total. The van der Waals surface area contributed by atoms with Gasteiger partial charge in [0.05, 0.1) is 16.2 Å². The van der Waals surface area contributed by atoms with Gasteiger partial charge in [-0.05, 0) is 25.7 Å². The Bertz CT molecular complexity index is 401. The van der Waals surface area contributed by atoms with Crippen molar-refractivity contribution in [1.82, 2.24) is 0 Å². The molecular formula is C21H43KO4S. The summed E-state index contributed by atoms with van der Waals surface area (Å²) in [6.07, 6.45) is 17.3. The average Bonchev–Trinajstić information content (AvgIpc) is 2.58. The first kappa shape index (κ1) is 30.7. The van der Waals surface area contributed by atoms with Crippen LogP contribution in [-0.2, 0) is 10.1 Å². The topological polar surface area (TPSA) is 77.4 Å². The summed E-state index contributed by atoms with van der Waals surface area (Å²) in [6.45, 7) is 4.15. The van der Waals surface area contributed by atoms with Crippen LogP contribution < -0.4 is 51.4 Å². The maximum atomic E-state index is 11.2. The van der Waals surface area contributed by atoms with Gasteiger partial charge in [-0.3, -0.25) is 0 Å². The average molecular weight is 431 g/mol. The Labute approximate surface area is 211 Å². The molecule has 0 saturated carbocycles. The zero-order chi connectivity index (χ0) is 19.7. The van der Waals surface area contributed by atoms with E-state index in [9.17, 15) is 18.1 Å². The van der Waals surface area contributed by atoms with E-state index in [1.165, 1.54) is 51.4 Å². The molecule has 0 aromatic heterocycles. The quantitative estimate of drug-likeness (QED) is 0.194. The molecule has 0 fully saturated rings. The van der Waals surface area contributed by atoms with Crippen LogP contribution in [0.2, 0.25) is 0 Å². The molecule has 27 heavy (non-hydrogen) atoms. The maximum absolute atomic E-state index is 11.2. The number of unbranched alkanes of at least 4 members (excludes halogenated alkanes) is 10. The molecule has 0 rings (SSSR count). The second-order valence-electron chi connectivity index (χ2n) is 7.81. The van der Waals surface area contributed by atoms with E-state index in [1.807, 2.05) is 6.92 Å². The molecule has 158 valence electrons. The van der Waals surface area contributed by atoms with Crippen LogP contribution in [0.25, 0.3) is 0 Å². The second kappa shape index (κ2) is 20.8. The maximum Gasteiger partial charge on any atom is 1.00 e. The largest absolute Gasteiger partial charge is 1.00 e. The van der Waals surface area contributed by atoms with Gasteiger partial charge in [0, 0.05) is 5.25 Å². The summed E-state index contributed by atoms with van der Waals surface area (Å²) in [4.78, 5) is 0. The predicted octanol–water partition coefficient (Wildman–Crippen LogP) is 2.94. The van der Waals surface area contributed by atoms with E-state index in [0.717, 1.165) is 44.9 Å². The van der Waals surface area contributed by atoms with Crippen molar-refractivity contribution in [2.45, 2.75) is 134 Å². The van der Waals surface area contributed by atoms with E-state index in [-0.39, 0.29) is 57.5 Å². The van der Waals surface area contributed by atoms with Crippen LogP contribution in [-0.4, -0.2) is 29.4 Å². The molecule has 2 unspecified atom stereocenters. The van der Waals surface area contributed by atoms with Crippen molar-refractivity contribution in [2.24, 2.45) is 0 Å². The van der Waals surface area contributed by atoms with Crippen molar-refractivity contribution < 1.29 is 69.5 Å². The summed E-state index contributed by atoms with van der Waals surface area (Å²) < 4.78 is 33.5. The summed E-state index contributed by atoms with van der Waals surface area (Å²) in [6, 6.07) is 0. The molecule has 2 atom stereocenters. The molecule has 0 aliphatic heterocycles. The number of aliphatic hydroxyl groups excluding tert-OH is 1. The van der Waals surface area contributed by atoms with E-state index >= 15 is 0 Å². The van der Waals surface area contributed by atoms with Crippen molar-refractivity contribution in [3.63, 3.8) is 0 Å². The van der Waals surface area contributed by atoms with Crippen LogP contribution >= 0.6 is 0 Å². The molecule has 0 aromatic carbocycles. The fourth-order valence-corrected chi connectivity index (χ4v) is 4.50. The molecule has 0 spiro atoms. The van der Waals surface area contributed by atoms with Crippen LogP contribution in [0.1, 0.15) is 123 Å². The van der Waals surface area contributed by atoms with E-state index in [0.29, 0.717) is 12.8 Å². The summed E-state index contributed by atoms with van der Waals surface area (Å²) in [5.74, 6) is 0. The fraction of sp³-hybridized carbons (Fsp3) is 1.00. The van der Waals surface area contributed by atoms with Crippen LogP contribution in [0.3, 0.4) is 0 Å².